The third-order valence-electron chi connectivity index (χ3n) is 4.45. The number of allylic oxidation sites excluding steroid dienone is 2. The molecule has 0 N–H and O–H groups in total. The molecule has 3 heteroatoms. The van der Waals surface area contributed by atoms with Crippen molar-refractivity contribution >= 4 is 6.08 Å². The molecule has 27 heavy (non-hydrogen) atoms. The fourth-order valence-corrected chi connectivity index (χ4v) is 2.37. The summed E-state index contributed by atoms with van der Waals surface area (Å²) < 4.78 is 18.0. The van der Waals surface area contributed by atoms with Crippen molar-refractivity contribution < 1.29 is 14.2 Å². The Labute approximate surface area is 165 Å². The smallest absolute Gasteiger partial charge is 0.119 e. The molecule has 0 aromatic heterocycles. The van der Waals surface area contributed by atoms with E-state index >= 15 is 0 Å². The highest BCUT2D eigenvalue weighted by Crippen LogP contribution is 2.26. The van der Waals surface area contributed by atoms with E-state index in [4.69, 9.17) is 14.2 Å². The SMILES string of the molecule is C=Cc1ccc(OCC(CC)(COCC=C(C)C)COCC=C(C)C)cc1. The molecule has 0 heterocycles. The van der Waals surface area contributed by atoms with E-state index in [0.29, 0.717) is 33.0 Å². The summed E-state index contributed by atoms with van der Waals surface area (Å²) in [5, 5.41) is 0. The highest BCUT2D eigenvalue weighted by molar-refractivity contribution is 5.48. The maximum Gasteiger partial charge on any atom is 0.119 e. The van der Waals surface area contributed by atoms with E-state index in [1.54, 1.807) is 0 Å². The quantitative estimate of drug-likeness (QED) is 0.311. The first kappa shape index (κ1) is 23.2. The Kier molecular flexibility index (Phi) is 10.8. The largest absolute Gasteiger partial charge is 0.493 e. The van der Waals surface area contributed by atoms with E-state index in [1.807, 2.05) is 30.3 Å². The molecule has 0 unspecified atom stereocenters. The van der Waals surface area contributed by atoms with Crippen LogP contribution in [0.3, 0.4) is 0 Å². The van der Waals surface area contributed by atoms with Crippen LogP contribution >= 0.6 is 0 Å². The molecule has 150 valence electrons. The van der Waals surface area contributed by atoms with Gasteiger partial charge in [-0.3, -0.25) is 0 Å². The minimum atomic E-state index is -0.178. The first-order valence-corrected chi connectivity index (χ1v) is 9.68. The van der Waals surface area contributed by atoms with Crippen LogP contribution in [0, 0.1) is 5.41 Å². The van der Waals surface area contributed by atoms with E-state index < -0.39 is 0 Å². The highest BCUT2D eigenvalue weighted by atomic mass is 16.5. The van der Waals surface area contributed by atoms with Gasteiger partial charge in [-0.05, 0) is 51.8 Å². The maximum atomic E-state index is 6.09. The van der Waals surface area contributed by atoms with Crippen molar-refractivity contribution in [2.24, 2.45) is 5.41 Å². The third kappa shape index (κ3) is 9.60. The van der Waals surface area contributed by atoms with Crippen LogP contribution in [-0.2, 0) is 9.47 Å². The summed E-state index contributed by atoms with van der Waals surface area (Å²) in [5.74, 6) is 0.854. The molecular formula is C24H36O3. The lowest BCUT2D eigenvalue weighted by atomic mass is 9.88. The minimum Gasteiger partial charge on any atom is -0.493 e. The Morgan fingerprint density at radius 3 is 1.81 bits per heavy atom. The van der Waals surface area contributed by atoms with Gasteiger partial charge in [-0.25, -0.2) is 0 Å². The summed E-state index contributed by atoms with van der Waals surface area (Å²) in [5.41, 5.74) is 3.42. The second-order valence-electron chi connectivity index (χ2n) is 7.51. The van der Waals surface area contributed by atoms with Gasteiger partial charge in [-0.1, -0.05) is 55.0 Å². The van der Waals surface area contributed by atoms with Crippen LogP contribution in [-0.4, -0.2) is 33.0 Å². The van der Waals surface area contributed by atoms with Crippen molar-refractivity contribution in [2.75, 3.05) is 33.0 Å². The van der Waals surface area contributed by atoms with Gasteiger partial charge in [-0.15, -0.1) is 0 Å². The molecule has 0 aliphatic rings. The van der Waals surface area contributed by atoms with Crippen LogP contribution in [0.2, 0.25) is 0 Å². The Balaban J connectivity index is 2.73. The zero-order valence-corrected chi connectivity index (χ0v) is 17.7. The lowest BCUT2D eigenvalue weighted by molar-refractivity contribution is -0.0368. The lowest BCUT2D eigenvalue weighted by Gasteiger charge is -2.32. The van der Waals surface area contributed by atoms with Crippen molar-refractivity contribution in [3.63, 3.8) is 0 Å². The Morgan fingerprint density at radius 2 is 1.41 bits per heavy atom. The second kappa shape index (κ2) is 12.5. The normalized spacial score (nSPS) is 11.0. The Hall–Kier alpha value is -1.84. The van der Waals surface area contributed by atoms with E-state index in [0.717, 1.165) is 17.7 Å². The van der Waals surface area contributed by atoms with Crippen molar-refractivity contribution in [1.82, 2.24) is 0 Å². The van der Waals surface area contributed by atoms with E-state index in [-0.39, 0.29) is 5.41 Å². The van der Waals surface area contributed by atoms with Gasteiger partial charge in [0.15, 0.2) is 0 Å². The molecule has 0 atom stereocenters. The molecule has 0 radical (unpaired) electrons. The zero-order chi connectivity index (χ0) is 20.1. The van der Waals surface area contributed by atoms with Crippen LogP contribution in [0.15, 0.2) is 54.1 Å². The van der Waals surface area contributed by atoms with Crippen LogP contribution < -0.4 is 4.74 Å². The maximum absolute atomic E-state index is 6.09. The predicted molar refractivity (Wildman–Crippen MR) is 115 cm³/mol. The van der Waals surface area contributed by atoms with Crippen molar-refractivity contribution in [3.05, 3.63) is 59.7 Å². The summed E-state index contributed by atoms with van der Waals surface area (Å²) in [6.45, 7) is 17.3. The molecule has 0 spiro atoms. The molecule has 1 aromatic rings. The fourth-order valence-electron chi connectivity index (χ4n) is 2.37. The zero-order valence-electron chi connectivity index (χ0n) is 17.7. The van der Waals surface area contributed by atoms with Crippen molar-refractivity contribution in [1.29, 1.82) is 0 Å². The minimum absolute atomic E-state index is 0.178. The van der Waals surface area contributed by atoms with Crippen LogP contribution in [0.4, 0.5) is 0 Å². The van der Waals surface area contributed by atoms with Gasteiger partial charge in [0.05, 0.1) is 38.4 Å². The second-order valence-corrected chi connectivity index (χ2v) is 7.51. The highest BCUT2D eigenvalue weighted by Gasteiger charge is 2.30. The molecule has 0 fully saturated rings. The van der Waals surface area contributed by atoms with Crippen LogP contribution in [0.1, 0.15) is 46.6 Å². The summed E-state index contributed by atoms with van der Waals surface area (Å²) in [6.07, 6.45) is 6.94. The predicted octanol–water partition coefficient (Wildman–Crippen LogP) is 6.07. The first-order valence-electron chi connectivity index (χ1n) is 9.68. The van der Waals surface area contributed by atoms with E-state index in [1.165, 1.54) is 11.1 Å². The number of ether oxygens (including phenoxy) is 3. The molecule has 0 aliphatic carbocycles. The molecule has 1 rings (SSSR count). The Morgan fingerprint density at radius 1 is 0.889 bits per heavy atom. The monoisotopic (exact) mass is 372 g/mol. The Bertz CT molecular complexity index is 579. The standard InChI is InChI=1S/C24H36O3/c1-7-22-9-11-23(12-10-22)27-19-24(8-2,17-25-15-13-20(3)4)18-26-16-14-21(5)6/h7,9-14H,1,8,15-19H2,2-6H3. The first-order chi connectivity index (χ1) is 12.9. The molecule has 0 saturated heterocycles. The van der Waals surface area contributed by atoms with Gasteiger partial charge in [0.25, 0.3) is 0 Å². The molecule has 0 saturated carbocycles. The fraction of sp³-hybridized carbons (Fsp3) is 0.500. The summed E-state index contributed by atoms with van der Waals surface area (Å²) in [6, 6.07) is 7.97. The van der Waals surface area contributed by atoms with E-state index in [9.17, 15) is 0 Å². The van der Waals surface area contributed by atoms with E-state index in [2.05, 4.69) is 53.3 Å². The summed E-state index contributed by atoms with van der Waals surface area (Å²) in [7, 11) is 0. The van der Waals surface area contributed by atoms with Gasteiger partial charge in [-0.2, -0.15) is 0 Å². The number of rotatable bonds is 13. The van der Waals surface area contributed by atoms with Gasteiger partial charge in [0.1, 0.15) is 5.75 Å². The lowest BCUT2D eigenvalue weighted by Crippen LogP contribution is -2.38. The molecule has 0 bridgehead atoms. The topological polar surface area (TPSA) is 27.7 Å². The summed E-state index contributed by atoms with van der Waals surface area (Å²) in [4.78, 5) is 0. The molecule has 1 aromatic carbocycles. The number of hydrogen-bond acceptors (Lipinski definition) is 3. The number of hydrogen-bond donors (Lipinski definition) is 0. The van der Waals surface area contributed by atoms with Gasteiger partial charge < -0.3 is 14.2 Å². The summed E-state index contributed by atoms with van der Waals surface area (Å²) >= 11 is 0. The van der Waals surface area contributed by atoms with Crippen LogP contribution in [0.25, 0.3) is 6.08 Å². The average Bonchev–Trinajstić information content (AvgIpc) is 2.66. The van der Waals surface area contributed by atoms with Gasteiger partial charge in [0.2, 0.25) is 0 Å². The van der Waals surface area contributed by atoms with Gasteiger partial charge in [0, 0.05) is 0 Å². The van der Waals surface area contributed by atoms with Crippen molar-refractivity contribution in [2.45, 2.75) is 41.0 Å². The van der Waals surface area contributed by atoms with Gasteiger partial charge >= 0.3 is 0 Å². The van der Waals surface area contributed by atoms with Crippen molar-refractivity contribution in [3.8, 4) is 5.75 Å². The van der Waals surface area contributed by atoms with Crippen LogP contribution in [0.5, 0.6) is 5.75 Å². The molecule has 3 nitrogen and oxygen atoms in total. The number of benzene rings is 1. The average molecular weight is 373 g/mol. The third-order valence-corrected chi connectivity index (χ3v) is 4.45. The molecule has 0 amide bonds. The molecular weight excluding hydrogens is 336 g/mol. The molecule has 0 aliphatic heterocycles.